The molecule has 57 heavy (non-hydrogen) atoms. The molecule has 0 fully saturated rings. The minimum absolute atomic E-state index is 0.0462. The average molecular weight is 824 g/mol. The van der Waals surface area contributed by atoms with Gasteiger partial charge in [-0.15, -0.1) is 0 Å². The van der Waals surface area contributed by atoms with Crippen LogP contribution in [0.4, 0.5) is 0 Å². The van der Waals surface area contributed by atoms with Gasteiger partial charge in [0, 0.05) is 19.4 Å². The molecular weight excluding hydrogens is 737 g/mol. The molecule has 2 atom stereocenters. The van der Waals surface area contributed by atoms with Crippen molar-refractivity contribution in [2.75, 3.05) is 26.4 Å². The van der Waals surface area contributed by atoms with Crippen LogP contribution in [0.1, 0.15) is 206 Å². The van der Waals surface area contributed by atoms with Gasteiger partial charge < -0.3 is 20.1 Å². The van der Waals surface area contributed by atoms with Gasteiger partial charge in [-0.2, -0.15) is 0 Å². The van der Waals surface area contributed by atoms with Gasteiger partial charge in [-0.1, -0.05) is 165 Å². The summed E-state index contributed by atoms with van der Waals surface area (Å²) in [5.41, 5.74) is 5.35. The molecule has 9 nitrogen and oxygen atoms in total. The molecule has 0 aliphatic heterocycles. The summed E-state index contributed by atoms with van der Waals surface area (Å²) in [5.74, 6) is -0.872. The highest BCUT2D eigenvalue weighted by Gasteiger charge is 2.26. The molecule has 10 heteroatoms. The van der Waals surface area contributed by atoms with Crippen LogP contribution in [0.15, 0.2) is 48.6 Å². The number of rotatable bonds is 43. The van der Waals surface area contributed by atoms with E-state index in [1.54, 1.807) is 0 Å². The second-order valence-corrected chi connectivity index (χ2v) is 16.7. The largest absolute Gasteiger partial charge is 0.472 e. The van der Waals surface area contributed by atoms with Crippen molar-refractivity contribution in [2.24, 2.45) is 5.73 Å². The molecule has 0 bridgehead atoms. The van der Waals surface area contributed by atoms with Crippen LogP contribution in [0.2, 0.25) is 0 Å². The van der Waals surface area contributed by atoms with Crippen LogP contribution in [0.25, 0.3) is 0 Å². The number of allylic oxidation sites excluding steroid dienone is 8. The van der Waals surface area contributed by atoms with Gasteiger partial charge in [-0.25, -0.2) is 4.57 Å². The summed E-state index contributed by atoms with van der Waals surface area (Å²) >= 11 is 0. The molecule has 0 spiro atoms. The lowest BCUT2D eigenvalue weighted by atomic mass is 10.0. The normalized spacial score (nSPS) is 13.7. The second kappa shape index (κ2) is 43.5. The number of hydrogen-bond acceptors (Lipinski definition) is 8. The first-order valence-corrected chi connectivity index (χ1v) is 24.6. The molecule has 0 aliphatic carbocycles. The van der Waals surface area contributed by atoms with Gasteiger partial charge in [0.1, 0.15) is 6.61 Å². The zero-order chi connectivity index (χ0) is 41.8. The molecule has 0 saturated heterocycles. The van der Waals surface area contributed by atoms with E-state index in [4.69, 9.17) is 24.3 Å². The van der Waals surface area contributed by atoms with E-state index in [1.807, 2.05) is 0 Å². The number of carbonyl (C=O) groups is 2. The molecule has 0 rings (SSSR count). The van der Waals surface area contributed by atoms with Gasteiger partial charge in [-0.05, 0) is 77.0 Å². The van der Waals surface area contributed by atoms with Crippen molar-refractivity contribution in [3.63, 3.8) is 0 Å². The van der Waals surface area contributed by atoms with Crippen LogP contribution in [0.5, 0.6) is 0 Å². The Morgan fingerprint density at radius 3 is 1.44 bits per heavy atom. The first kappa shape index (κ1) is 55.0. The molecule has 1 unspecified atom stereocenters. The van der Waals surface area contributed by atoms with E-state index in [0.717, 1.165) is 51.4 Å². The SMILES string of the molecule is CCCCC/C=C/C/C=C/C/C=C/CCCCC(=O)O[C@@H](COC(=O)CCCCCCCCCCCCC/C=C/CCCCCCCC)COP(=O)(O)OCCN. The Hall–Kier alpha value is -2.03. The zero-order valence-electron chi connectivity index (χ0n) is 36.6. The first-order valence-electron chi connectivity index (χ1n) is 23.1. The maximum absolute atomic E-state index is 12.6. The van der Waals surface area contributed by atoms with Crippen molar-refractivity contribution in [3.05, 3.63) is 48.6 Å². The van der Waals surface area contributed by atoms with Crippen LogP contribution in [0, 0.1) is 0 Å². The third kappa shape index (κ3) is 43.4. The van der Waals surface area contributed by atoms with Gasteiger partial charge in [0.15, 0.2) is 6.10 Å². The fraction of sp³-hybridized carbons (Fsp3) is 0.787. The topological polar surface area (TPSA) is 134 Å². The maximum Gasteiger partial charge on any atom is 0.472 e. The third-order valence-corrected chi connectivity index (χ3v) is 10.7. The molecule has 0 radical (unpaired) electrons. The Labute approximate surface area is 349 Å². The van der Waals surface area contributed by atoms with Crippen LogP contribution in [-0.2, 0) is 32.7 Å². The summed E-state index contributed by atoms with van der Waals surface area (Å²) in [6, 6.07) is 0. The van der Waals surface area contributed by atoms with Crippen molar-refractivity contribution in [3.8, 4) is 0 Å². The fourth-order valence-corrected chi connectivity index (χ4v) is 6.99. The van der Waals surface area contributed by atoms with Gasteiger partial charge in [0.05, 0.1) is 13.2 Å². The number of unbranched alkanes of at least 4 members (excludes halogenated alkanes) is 22. The van der Waals surface area contributed by atoms with Crippen molar-refractivity contribution in [2.45, 2.75) is 213 Å². The van der Waals surface area contributed by atoms with Gasteiger partial charge in [0.25, 0.3) is 0 Å². The lowest BCUT2D eigenvalue weighted by Crippen LogP contribution is -2.29. The van der Waals surface area contributed by atoms with Crippen LogP contribution >= 0.6 is 7.82 Å². The molecule has 332 valence electrons. The number of ether oxygens (including phenoxy) is 2. The van der Waals surface area contributed by atoms with Crippen molar-refractivity contribution in [1.82, 2.24) is 0 Å². The summed E-state index contributed by atoms with van der Waals surface area (Å²) in [7, 11) is -4.39. The predicted octanol–water partition coefficient (Wildman–Crippen LogP) is 13.5. The smallest absolute Gasteiger partial charge is 0.462 e. The maximum atomic E-state index is 12.6. The molecular formula is C47H86NO8P. The summed E-state index contributed by atoms with van der Waals surface area (Å²) < 4.78 is 32.8. The van der Waals surface area contributed by atoms with Gasteiger partial charge >= 0.3 is 19.8 Å². The van der Waals surface area contributed by atoms with E-state index in [0.29, 0.717) is 6.42 Å². The number of carbonyl (C=O) groups excluding carboxylic acids is 2. The lowest BCUT2D eigenvalue weighted by Gasteiger charge is -2.19. The van der Waals surface area contributed by atoms with E-state index < -0.39 is 32.5 Å². The number of nitrogens with two attached hydrogens (primary N) is 1. The van der Waals surface area contributed by atoms with Crippen molar-refractivity contribution in [1.29, 1.82) is 0 Å². The molecule has 0 aliphatic rings. The minimum atomic E-state index is -4.39. The minimum Gasteiger partial charge on any atom is -0.462 e. The lowest BCUT2D eigenvalue weighted by molar-refractivity contribution is -0.161. The molecule has 0 heterocycles. The van der Waals surface area contributed by atoms with E-state index in [2.05, 4.69) is 62.5 Å². The molecule has 0 amide bonds. The molecule has 3 N–H and O–H groups in total. The molecule has 0 aromatic heterocycles. The number of hydrogen-bond donors (Lipinski definition) is 2. The predicted molar refractivity (Wildman–Crippen MR) is 238 cm³/mol. The fourth-order valence-electron chi connectivity index (χ4n) is 6.22. The second-order valence-electron chi connectivity index (χ2n) is 15.3. The Bertz CT molecular complexity index is 1080. The van der Waals surface area contributed by atoms with Gasteiger partial charge in [-0.3, -0.25) is 18.6 Å². The number of esters is 2. The third-order valence-electron chi connectivity index (χ3n) is 9.69. The quantitative estimate of drug-likeness (QED) is 0.0267. The van der Waals surface area contributed by atoms with Crippen molar-refractivity contribution < 1.29 is 37.6 Å². The molecule has 0 saturated carbocycles. The van der Waals surface area contributed by atoms with Crippen molar-refractivity contribution >= 4 is 19.8 Å². The van der Waals surface area contributed by atoms with Crippen LogP contribution < -0.4 is 5.73 Å². The first-order chi connectivity index (χ1) is 27.8. The highest BCUT2D eigenvalue weighted by Crippen LogP contribution is 2.43. The molecule has 0 aromatic carbocycles. The van der Waals surface area contributed by atoms with E-state index in [1.165, 1.54) is 122 Å². The van der Waals surface area contributed by atoms with E-state index in [9.17, 15) is 19.0 Å². The van der Waals surface area contributed by atoms with Crippen LogP contribution in [-0.4, -0.2) is 49.3 Å². The standard InChI is InChI=1S/C47H86NO8P/c1-3-5-7-9-11-13-15-17-19-20-21-22-23-24-26-27-29-31-33-35-37-39-46(49)53-43-45(44-55-57(51,52)54-42-41-48)56-47(50)40-38-36-34-32-30-28-25-18-16-14-12-10-8-6-4-2/h12,14,17-19,25,30,32,45H,3-11,13,15-16,20-24,26-29,31,33-44,48H2,1-2H3,(H,51,52)/b14-12+,19-17+,25-18+,32-30+/t45-/m0/s1. The summed E-state index contributed by atoms with van der Waals surface area (Å²) in [6.45, 7) is 3.66. The summed E-state index contributed by atoms with van der Waals surface area (Å²) in [4.78, 5) is 34.9. The molecule has 0 aromatic rings. The number of phosphoric ester groups is 1. The summed E-state index contributed by atoms with van der Waals surface area (Å²) in [5, 5.41) is 0. The Kier molecular flexibility index (Phi) is 42.0. The highest BCUT2D eigenvalue weighted by atomic mass is 31.2. The highest BCUT2D eigenvalue weighted by molar-refractivity contribution is 7.47. The number of phosphoric acid groups is 1. The summed E-state index contributed by atoms with van der Waals surface area (Å²) in [6.07, 6.45) is 50.1. The van der Waals surface area contributed by atoms with E-state index in [-0.39, 0.29) is 32.6 Å². The monoisotopic (exact) mass is 824 g/mol. The Morgan fingerprint density at radius 2 is 0.912 bits per heavy atom. The van der Waals surface area contributed by atoms with Crippen LogP contribution in [0.3, 0.4) is 0 Å². The zero-order valence-corrected chi connectivity index (χ0v) is 37.5. The van der Waals surface area contributed by atoms with E-state index >= 15 is 0 Å². The Balaban J connectivity index is 4.13. The van der Waals surface area contributed by atoms with Gasteiger partial charge in [0.2, 0.25) is 0 Å². The average Bonchev–Trinajstić information content (AvgIpc) is 3.20. The Morgan fingerprint density at radius 1 is 0.526 bits per heavy atom.